The fraction of sp³-hybridized carbons (Fsp3) is 0.211. The van der Waals surface area contributed by atoms with E-state index in [1.165, 1.54) is 0 Å². The van der Waals surface area contributed by atoms with Crippen molar-refractivity contribution in [2.24, 2.45) is 5.73 Å². The van der Waals surface area contributed by atoms with E-state index in [4.69, 9.17) is 10.5 Å². The van der Waals surface area contributed by atoms with Gasteiger partial charge in [0.15, 0.2) is 0 Å². The fourth-order valence-corrected chi connectivity index (χ4v) is 2.79. The van der Waals surface area contributed by atoms with Crippen molar-refractivity contribution in [1.82, 2.24) is 0 Å². The monoisotopic (exact) mass is 362 g/mol. The molecule has 0 radical (unpaired) electrons. The third kappa shape index (κ3) is 4.00. The number of nitrogens with two attached hydrogens (primary N) is 1. The first-order valence-electron chi connectivity index (χ1n) is 7.85. The van der Waals surface area contributed by atoms with E-state index in [-0.39, 0.29) is 31.5 Å². The van der Waals surface area contributed by atoms with Crippen LogP contribution in [-0.4, -0.2) is 19.1 Å². The van der Waals surface area contributed by atoms with Gasteiger partial charge in [-0.25, -0.2) is 4.39 Å². The number of amides is 1. The second-order valence-electron chi connectivity index (χ2n) is 5.58. The van der Waals surface area contributed by atoms with Crippen molar-refractivity contribution in [2.45, 2.75) is 12.8 Å². The minimum absolute atomic E-state index is 0. The summed E-state index contributed by atoms with van der Waals surface area (Å²) in [5.74, 6) is 0.714. The Balaban J connectivity index is 0.00000225. The lowest BCUT2D eigenvalue weighted by Gasteiger charge is -2.30. The molecule has 132 valence electrons. The summed E-state index contributed by atoms with van der Waals surface area (Å²) in [6.07, 6.45) is 1.49. The highest BCUT2D eigenvalue weighted by Gasteiger charge is 2.27. The van der Waals surface area contributed by atoms with Crippen molar-refractivity contribution in [2.75, 3.05) is 18.1 Å². The highest BCUT2D eigenvalue weighted by molar-refractivity contribution is 6.03. The molecule has 0 saturated carbocycles. The Morgan fingerprint density at radius 2 is 1.92 bits per heavy atom. The number of halogens is 2. The van der Waals surface area contributed by atoms with Gasteiger partial charge in [0.2, 0.25) is 5.91 Å². The van der Waals surface area contributed by atoms with Gasteiger partial charge >= 0.3 is 0 Å². The molecular formula is C19H20ClFN2O2. The molecule has 0 fully saturated rings. The zero-order valence-corrected chi connectivity index (χ0v) is 14.5. The Kier molecular flexibility index (Phi) is 6.56. The predicted molar refractivity (Wildman–Crippen MR) is 99.3 cm³/mol. The number of rotatable bonds is 5. The molecule has 4 nitrogen and oxygen atoms in total. The summed E-state index contributed by atoms with van der Waals surface area (Å²) in [6, 6.07) is 15.1. The summed E-state index contributed by atoms with van der Waals surface area (Å²) < 4.78 is 18.4. The van der Waals surface area contributed by atoms with Crippen LogP contribution in [0.5, 0.6) is 5.75 Å². The van der Waals surface area contributed by atoms with Crippen LogP contribution in [0.1, 0.15) is 12.0 Å². The van der Waals surface area contributed by atoms with Crippen LogP contribution < -0.4 is 15.4 Å². The zero-order chi connectivity index (χ0) is 16.9. The summed E-state index contributed by atoms with van der Waals surface area (Å²) in [4.78, 5) is 14.1. The normalized spacial score (nSPS) is 13.9. The Bertz CT molecular complexity index is 765. The number of hydrogen-bond donors (Lipinski definition) is 1. The molecule has 1 amide bonds. The number of nitrogens with zero attached hydrogens (tertiary/aromatic N) is 1. The van der Waals surface area contributed by atoms with Gasteiger partial charge in [-0.1, -0.05) is 24.3 Å². The molecule has 6 heteroatoms. The average Bonchev–Trinajstić information content (AvgIpc) is 2.63. The molecule has 0 aliphatic carbocycles. The first-order valence-corrected chi connectivity index (χ1v) is 7.85. The van der Waals surface area contributed by atoms with Crippen molar-refractivity contribution < 1.29 is 13.9 Å². The molecule has 0 unspecified atom stereocenters. The lowest BCUT2D eigenvalue weighted by molar-refractivity contribution is -0.118. The third-order valence-corrected chi connectivity index (χ3v) is 4.03. The lowest BCUT2D eigenvalue weighted by atomic mass is 9.99. The summed E-state index contributed by atoms with van der Waals surface area (Å²) in [6.45, 7) is 0.211. The third-order valence-electron chi connectivity index (χ3n) is 4.03. The minimum atomic E-state index is 0. The maximum absolute atomic E-state index is 12.7. The number of anilines is 2. The first kappa shape index (κ1) is 19.0. The minimum Gasteiger partial charge on any atom is -0.489 e. The molecule has 0 spiro atoms. The molecule has 2 aromatic carbocycles. The number of ether oxygens (including phenoxy) is 1. The standard InChI is InChI=1S/C19H19FN2O2.ClH/c20-11-14(12-21)13-24-18-8-4-7-17-16(18)9-10-19(23)22(17)15-5-2-1-3-6-15;/h1-8,11H,9-10,12-13,21H2;1H/b14-11+;. The van der Waals surface area contributed by atoms with Gasteiger partial charge < -0.3 is 10.5 Å². The molecule has 2 N–H and O–H groups in total. The summed E-state index contributed by atoms with van der Waals surface area (Å²) in [7, 11) is 0. The van der Waals surface area contributed by atoms with Crippen LogP contribution in [0.15, 0.2) is 60.4 Å². The van der Waals surface area contributed by atoms with Crippen LogP contribution in [0.3, 0.4) is 0 Å². The van der Waals surface area contributed by atoms with Gasteiger partial charge in [0, 0.05) is 29.8 Å². The van der Waals surface area contributed by atoms with Gasteiger partial charge in [0.25, 0.3) is 0 Å². The molecular weight excluding hydrogens is 343 g/mol. The Hall–Kier alpha value is -2.37. The van der Waals surface area contributed by atoms with E-state index in [1.54, 1.807) is 4.90 Å². The topological polar surface area (TPSA) is 55.6 Å². The van der Waals surface area contributed by atoms with Crippen LogP contribution >= 0.6 is 12.4 Å². The molecule has 25 heavy (non-hydrogen) atoms. The smallest absolute Gasteiger partial charge is 0.231 e. The summed E-state index contributed by atoms with van der Waals surface area (Å²) in [5.41, 5.74) is 8.44. The number of hydrogen-bond acceptors (Lipinski definition) is 3. The van der Waals surface area contributed by atoms with E-state index >= 15 is 0 Å². The molecule has 1 aliphatic heterocycles. The SMILES string of the molecule is Cl.NC/C(=C\F)COc1cccc2c1CCC(=O)N2c1ccccc1. The van der Waals surface area contributed by atoms with Gasteiger partial charge in [-0.3, -0.25) is 9.69 Å². The number of carbonyl (C=O) groups is 1. The van der Waals surface area contributed by atoms with E-state index < -0.39 is 0 Å². The van der Waals surface area contributed by atoms with E-state index in [0.717, 1.165) is 16.9 Å². The van der Waals surface area contributed by atoms with E-state index in [0.29, 0.717) is 30.5 Å². The molecule has 0 bridgehead atoms. The average molecular weight is 363 g/mol. The number of benzene rings is 2. The number of fused-ring (bicyclic) bond motifs is 1. The van der Waals surface area contributed by atoms with Crippen molar-refractivity contribution in [3.05, 3.63) is 66.0 Å². The Labute approximate surface area is 152 Å². The van der Waals surface area contributed by atoms with E-state index in [1.807, 2.05) is 48.5 Å². The molecule has 2 aromatic rings. The molecule has 0 atom stereocenters. The van der Waals surface area contributed by atoms with Crippen molar-refractivity contribution in [3.63, 3.8) is 0 Å². The zero-order valence-electron chi connectivity index (χ0n) is 13.7. The summed E-state index contributed by atoms with van der Waals surface area (Å²) in [5, 5.41) is 0. The molecule has 0 aromatic heterocycles. The quantitative estimate of drug-likeness (QED) is 0.877. The molecule has 1 aliphatic rings. The summed E-state index contributed by atoms with van der Waals surface area (Å²) >= 11 is 0. The van der Waals surface area contributed by atoms with Gasteiger partial charge in [-0.05, 0) is 30.7 Å². The number of para-hydroxylation sites is 1. The second kappa shape index (κ2) is 8.65. The van der Waals surface area contributed by atoms with Crippen LogP contribution in [0.4, 0.5) is 15.8 Å². The second-order valence-corrected chi connectivity index (χ2v) is 5.58. The highest BCUT2D eigenvalue weighted by Crippen LogP contribution is 2.38. The van der Waals surface area contributed by atoms with Gasteiger partial charge in [-0.15, -0.1) is 12.4 Å². The Morgan fingerprint density at radius 3 is 2.60 bits per heavy atom. The van der Waals surface area contributed by atoms with Crippen LogP contribution in [0, 0.1) is 0 Å². The maximum Gasteiger partial charge on any atom is 0.231 e. The van der Waals surface area contributed by atoms with E-state index in [2.05, 4.69) is 0 Å². The van der Waals surface area contributed by atoms with Crippen LogP contribution in [-0.2, 0) is 11.2 Å². The maximum atomic E-state index is 12.7. The van der Waals surface area contributed by atoms with Gasteiger partial charge in [0.05, 0.1) is 12.0 Å². The van der Waals surface area contributed by atoms with Gasteiger partial charge in [-0.2, -0.15) is 0 Å². The Morgan fingerprint density at radius 1 is 1.16 bits per heavy atom. The fourth-order valence-electron chi connectivity index (χ4n) is 2.79. The van der Waals surface area contributed by atoms with Crippen LogP contribution in [0.25, 0.3) is 0 Å². The molecule has 3 rings (SSSR count). The first-order chi connectivity index (χ1) is 11.7. The molecule has 0 saturated heterocycles. The molecule has 1 heterocycles. The number of carbonyl (C=O) groups excluding carboxylic acids is 1. The van der Waals surface area contributed by atoms with Crippen molar-refractivity contribution in [1.29, 1.82) is 0 Å². The predicted octanol–water partition coefficient (Wildman–Crippen LogP) is 3.91. The van der Waals surface area contributed by atoms with Crippen LogP contribution in [0.2, 0.25) is 0 Å². The van der Waals surface area contributed by atoms with Crippen molar-refractivity contribution in [3.8, 4) is 5.75 Å². The largest absolute Gasteiger partial charge is 0.489 e. The van der Waals surface area contributed by atoms with Gasteiger partial charge in [0.1, 0.15) is 12.4 Å². The van der Waals surface area contributed by atoms with Crippen molar-refractivity contribution >= 4 is 29.7 Å². The van der Waals surface area contributed by atoms with E-state index in [9.17, 15) is 9.18 Å². The highest BCUT2D eigenvalue weighted by atomic mass is 35.5. The lowest BCUT2D eigenvalue weighted by Crippen LogP contribution is -2.31.